The van der Waals surface area contributed by atoms with Crippen LogP contribution in [0.5, 0.6) is 0 Å². The summed E-state index contributed by atoms with van der Waals surface area (Å²) in [7, 11) is 0. The van der Waals surface area contributed by atoms with Crippen LogP contribution in [0.3, 0.4) is 0 Å². The predicted octanol–water partition coefficient (Wildman–Crippen LogP) is 2.50. The van der Waals surface area contributed by atoms with Gasteiger partial charge in [-0.15, -0.1) is 0 Å². The summed E-state index contributed by atoms with van der Waals surface area (Å²) in [4.78, 5) is 27.2. The Balaban J connectivity index is 2.13. The molecule has 2 aromatic rings. The molecule has 0 bridgehead atoms. The molecule has 0 atom stereocenters. The highest BCUT2D eigenvalue weighted by atomic mass is 35.5. The molecule has 0 saturated carbocycles. The highest BCUT2D eigenvalue weighted by Gasteiger charge is 2.30. The zero-order valence-corrected chi connectivity index (χ0v) is 13.4. The summed E-state index contributed by atoms with van der Waals surface area (Å²) in [5.41, 5.74) is -0.883. The van der Waals surface area contributed by atoms with Crippen molar-refractivity contribution in [1.82, 2.24) is 4.90 Å². The van der Waals surface area contributed by atoms with Gasteiger partial charge in [-0.1, -0.05) is 18.5 Å². The maximum Gasteiger partial charge on any atom is 0.376 e. The first-order valence-corrected chi connectivity index (χ1v) is 7.77. The number of piperazine rings is 1. The van der Waals surface area contributed by atoms with Crippen molar-refractivity contribution in [2.45, 2.75) is 6.92 Å². The quantitative estimate of drug-likeness (QED) is 0.632. The number of halogens is 1. The van der Waals surface area contributed by atoms with Gasteiger partial charge in [0.1, 0.15) is 5.58 Å². The average molecular weight is 338 g/mol. The first kappa shape index (κ1) is 15.8. The Kier molecular flexibility index (Phi) is 4.23. The molecule has 0 radical (unpaired) electrons. The van der Waals surface area contributed by atoms with Crippen molar-refractivity contribution in [2.75, 3.05) is 37.6 Å². The first-order valence-electron chi connectivity index (χ1n) is 7.39. The van der Waals surface area contributed by atoms with Crippen molar-refractivity contribution in [3.05, 3.63) is 43.6 Å². The van der Waals surface area contributed by atoms with Crippen molar-refractivity contribution in [3.63, 3.8) is 0 Å². The van der Waals surface area contributed by atoms with Crippen LogP contribution < -0.4 is 10.3 Å². The van der Waals surface area contributed by atoms with E-state index in [1.54, 1.807) is 4.90 Å². The fourth-order valence-corrected chi connectivity index (χ4v) is 2.95. The molecule has 122 valence electrons. The van der Waals surface area contributed by atoms with Crippen molar-refractivity contribution >= 4 is 34.1 Å². The molecule has 8 heteroatoms. The highest BCUT2D eigenvalue weighted by molar-refractivity contribution is 6.31. The molecule has 1 aliphatic heterocycles. The van der Waals surface area contributed by atoms with Gasteiger partial charge in [0.2, 0.25) is 0 Å². The van der Waals surface area contributed by atoms with E-state index in [1.165, 1.54) is 18.2 Å². The molecular weight excluding hydrogens is 322 g/mol. The summed E-state index contributed by atoms with van der Waals surface area (Å²) in [5.74, 6) is 0.0190. The Bertz CT molecular complexity index is 812. The second kappa shape index (κ2) is 6.17. The van der Waals surface area contributed by atoms with E-state index in [-0.39, 0.29) is 16.9 Å². The van der Waals surface area contributed by atoms with Gasteiger partial charge in [0.05, 0.1) is 10.3 Å². The Morgan fingerprint density at radius 3 is 2.61 bits per heavy atom. The minimum atomic E-state index is -0.665. The summed E-state index contributed by atoms with van der Waals surface area (Å²) < 4.78 is 5.71. The molecule has 1 aromatic heterocycles. The number of hydrogen-bond donors (Lipinski definition) is 0. The van der Waals surface area contributed by atoms with Crippen molar-refractivity contribution in [2.24, 2.45) is 0 Å². The van der Waals surface area contributed by atoms with Gasteiger partial charge in [-0.05, 0) is 18.7 Å². The smallest absolute Gasteiger partial charge is 0.376 e. The lowest BCUT2D eigenvalue weighted by molar-refractivity contribution is -0.385. The normalized spacial score (nSPS) is 16.0. The van der Waals surface area contributed by atoms with Gasteiger partial charge in [-0.2, -0.15) is 0 Å². The third-order valence-corrected chi connectivity index (χ3v) is 4.34. The maximum atomic E-state index is 12.5. The Labute approximate surface area is 137 Å². The maximum absolute atomic E-state index is 12.5. The van der Waals surface area contributed by atoms with Gasteiger partial charge >= 0.3 is 5.69 Å². The van der Waals surface area contributed by atoms with E-state index in [0.29, 0.717) is 18.1 Å². The fraction of sp³-hybridized carbons (Fsp3) is 0.400. The van der Waals surface area contributed by atoms with E-state index in [9.17, 15) is 14.9 Å². The molecule has 1 aromatic carbocycles. The van der Waals surface area contributed by atoms with Crippen LogP contribution >= 0.6 is 11.6 Å². The van der Waals surface area contributed by atoms with Crippen molar-refractivity contribution in [1.29, 1.82) is 0 Å². The van der Waals surface area contributed by atoms with Crippen LogP contribution in [0.4, 0.5) is 11.6 Å². The van der Waals surface area contributed by atoms with Gasteiger partial charge in [0, 0.05) is 37.3 Å². The van der Waals surface area contributed by atoms with Crippen molar-refractivity contribution in [3.8, 4) is 0 Å². The molecule has 23 heavy (non-hydrogen) atoms. The lowest BCUT2D eigenvalue weighted by atomic mass is 10.2. The molecule has 0 amide bonds. The SMILES string of the molecule is CCN1CCN(c2oc3cc(Cl)ccc3c(=O)c2[N+](=O)[O-])CC1. The monoisotopic (exact) mass is 337 g/mol. The Morgan fingerprint density at radius 1 is 1.30 bits per heavy atom. The lowest BCUT2D eigenvalue weighted by Crippen LogP contribution is -2.46. The van der Waals surface area contributed by atoms with Crippen LogP contribution in [0.15, 0.2) is 27.4 Å². The average Bonchev–Trinajstić information content (AvgIpc) is 2.54. The van der Waals surface area contributed by atoms with E-state index in [1.807, 2.05) is 0 Å². The Morgan fingerprint density at radius 2 is 2.00 bits per heavy atom. The second-order valence-electron chi connectivity index (χ2n) is 5.40. The third kappa shape index (κ3) is 2.89. The fourth-order valence-electron chi connectivity index (χ4n) is 2.79. The van der Waals surface area contributed by atoms with E-state index in [0.717, 1.165) is 19.6 Å². The molecule has 1 aliphatic rings. The largest absolute Gasteiger partial charge is 0.434 e. The van der Waals surface area contributed by atoms with Crippen LogP contribution in [-0.4, -0.2) is 42.5 Å². The second-order valence-corrected chi connectivity index (χ2v) is 5.84. The number of nitrogens with zero attached hydrogens (tertiary/aromatic N) is 3. The third-order valence-electron chi connectivity index (χ3n) is 4.10. The van der Waals surface area contributed by atoms with E-state index >= 15 is 0 Å². The number of anilines is 1. The molecule has 7 nitrogen and oxygen atoms in total. The summed E-state index contributed by atoms with van der Waals surface area (Å²) in [6.45, 7) is 5.67. The first-order chi connectivity index (χ1) is 11.0. The van der Waals surface area contributed by atoms with E-state index in [4.69, 9.17) is 16.0 Å². The molecule has 3 rings (SSSR count). The van der Waals surface area contributed by atoms with Gasteiger partial charge in [0.25, 0.3) is 11.3 Å². The van der Waals surface area contributed by atoms with Gasteiger partial charge in [0.15, 0.2) is 0 Å². The lowest BCUT2D eigenvalue weighted by Gasteiger charge is -2.33. The van der Waals surface area contributed by atoms with Gasteiger partial charge in [-0.3, -0.25) is 14.9 Å². The molecule has 0 unspecified atom stereocenters. The molecule has 2 heterocycles. The zero-order valence-electron chi connectivity index (χ0n) is 12.6. The Hall–Kier alpha value is -2.12. The van der Waals surface area contributed by atoms with Crippen LogP contribution in [0.1, 0.15) is 6.92 Å². The van der Waals surface area contributed by atoms with E-state index < -0.39 is 16.0 Å². The number of hydrogen-bond acceptors (Lipinski definition) is 6. The van der Waals surface area contributed by atoms with Crippen LogP contribution in [0.25, 0.3) is 11.0 Å². The summed E-state index contributed by atoms with van der Waals surface area (Å²) in [6.07, 6.45) is 0. The summed E-state index contributed by atoms with van der Waals surface area (Å²) in [6, 6.07) is 4.48. The number of likely N-dealkylation sites (N-methyl/N-ethyl adjacent to an activating group) is 1. The van der Waals surface area contributed by atoms with Crippen LogP contribution in [-0.2, 0) is 0 Å². The predicted molar refractivity (Wildman–Crippen MR) is 88.5 cm³/mol. The molecule has 0 aliphatic carbocycles. The van der Waals surface area contributed by atoms with E-state index in [2.05, 4.69) is 11.8 Å². The highest BCUT2D eigenvalue weighted by Crippen LogP contribution is 2.30. The number of benzene rings is 1. The molecule has 0 spiro atoms. The van der Waals surface area contributed by atoms with Crippen LogP contribution in [0, 0.1) is 10.1 Å². The minimum Gasteiger partial charge on any atom is -0.434 e. The molecular formula is C15H16ClN3O4. The van der Waals surface area contributed by atoms with Gasteiger partial charge in [-0.25, -0.2) is 0 Å². The zero-order chi connectivity index (χ0) is 16.6. The topological polar surface area (TPSA) is 79.8 Å². The molecule has 1 saturated heterocycles. The number of fused-ring (bicyclic) bond motifs is 1. The molecule has 0 N–H and O–H groups in total. The number of rotatable bonds is 3. The number of nitro groups is 1. The van der Waals surface area contributed by atoms with Crippen molar-refractivity contribution < 1.29 is 9.34 Å². The summed E-state index contributed by atoms with van der Waals surface area (Å²) >= 11 is 5.93. The standard InChI is InChI=1S/C15H16ClN3O4/c1-2-17-5-7-18(8-6-17)15-13(19(21)22)14(20)11-4-3-10(16)9-12(11)23-15/h3-4,9H,2,5-8H2,1H3. The van der Waals surface area contributed by atoms with Crippen LogP contribution in [0.2, 0.25) is 5.02 Å². The summed E-state index contributed by atoms with van der Waals surface area (Å²) in [5, 5.41) is 12.0. The minimum absolute atomic E-state index is 0.0190. The molecule has 1 fully saturated rings. The van der Waals surface area contributed by atoms with Gasteiger partial charge < -0.3 is 14.2 Å².